The minimum absolute atomic E-state index is 0.345. The Morgan fingerprint density at radius 2 is 2.00 bits per heavy atom. The summed E-state index contributed by atoms with van der Waals surface area (Å²) in [4.78, 5) is 11.9. The molecule has 1 amide bonds. The maximum Gasteiger partial charge on any atom is 0.248 e. The van der Waals surface area contributed by atoms with Crippen LogP contribution in [0.4, 0.5) is 10.1 Å². The van der Waals surface area contributed by atoms with Crippen LogP contribution < -0.4 is 10.1 Å². The predicted octanol–water partition coefficient (Wildman–Crippen LogP) is 3.79. The highest BCUT2D eigenvalue weighted by Crippen LogP contribution is 2.25. The Hall–Kier alpha value is -2.62. The second kappa shape index (κ2) is 6.70. The number of nitrogens with one attached hydrogen (secondary N) is 1. The number of rotatable bonds is 4. The maximum absolute atomic E-state index is 13.4. The lowest BCUT2D eigenvalue weighted by molar-refractivity contribution is -0.111. The van der Waals surface area contributed by atoms with Gasteiger partial charge in [-0.1, -0.05) is 24.3 Å². The van der Waals surface area contributed by atoms with Gasteiger partial charge in [0.25, 0.3) is 0 Å². The Kier molecular flexibility index (Phi) is 4.72. The first-order valence-corrected chi connectivity index (χ1v) is 6.48. The first-order chi connectivity index (χ1) is 10.1. The van der Waals surface area contributed by atoms with Crippen LogP contribution in [-0.2, 0) is 4.79 Å². The fourth-order valence-electron chi connectivity index (χ4n) is 1.87. The molecule has 108 valence electrons. The molecular formula is C17H16FNO2. The van der Waals surface area contributed by atoms with E-state index in [1.807, 2.05) is 19.1 Å². The van der Waals surface area contributed by atoms with Gasteiger partial charge in [-0.05, 0) is 36.8 Å². The van der Waals surface area contributed by atoms with Crippen molar-refractivity contribution in [1.82, 2.24) is 0 Å². The molecule has 0 aliphatic heterocycles. The van der Waals surface area contributed by atoms with Crippen molar-refractivity contribution in [2.24, 2.45) is 0 Å². The number of anilines is 1. The average Bonchev–Trinajstić information content (AvgIpc) is 2.47. The molecule has 4 heteroatoms. The van der Waals surface area contributed by atoms with Crippen LogP contribution in [0.1, 0.15) is 11.1 Å². The second-order valence-corrected chi connectivity index (χ2v) is 4.55. The molecule has 0 aliphatic carbocycles. The number of methoxy groups -OCH3 is 1. The van der Waals surface area contributed by atoms with E-state index in [1.54, 1.807) is 24.3 Å². The molecule has 3 nitrogen and oxygen atoms in total. The lowest BCUT2D eigenvalue weighted by Gasteiger charge is -2.09. The van der Waals surface area contributed by atoms with Gasteiger partial charge in [-0.2, -0.15) is 0 Å². The van der Waals surface area contributed by atoms with Gasteiger partial charge in [0.05, 0.1) is 12.8 Å². The zero-order chi connectivity index (χ0) is 15.2. The number of halogens is 1. The number of ether oxygens (including phenoxy) is 1. The normalized spacial score (nSPS) is 10.6. The smallest absolute Gasteiger partial charge is 0.248 e. The highest BCUT2D eigenvalue weighted by molar-refractivity contribution is 6.02. The monoisotopic (exact) mass is 285 g/mol. The lowest BCUT2D eigenvalue weighted by Crippen LogP contribution is -2.09. The summed E-state index contributed by atoms with van der Waals surface area (Å²) in [6.45, 7) is 1.92. The summed E-state index contributed by atoms with van der Waals surface area (Å²) in [6.07, 6.45) is 2.73. The molecule has 2 rings (SSSR count). The number of carbonyl (C=O) groups is 1. The standard InChI is InChI=1S/C17H16FNO2/c1-12-7-9-16(21-2)15(11-12)19-17(20)10-8-13-5-3-4-6-14(13)18/h3-11H,1-2H3,(H,19,20)/b10-8+. The van der Waals surface area contributed by atoms with Crippen LogP contribution in [0.15, 0.2) is 48.5 Å². The molecule has 0 spiro atoms. The van der Waals surface area contributed by atoms with Gasteiger partial charge in [-0.15, -0.1) is 0 Å². The summed E-state index contributed by atoms with van der Waals surface area (Å²) < 4.78 is 18.6. The van der Waals surface area contributed by atoms with E-state index in [2.05, 4.69) is 5.32 Å². The minimum Gasteiger partial charge on any atom is -0.495 e. The molecule has 1 N–H and O–H groups in total. The molecule has 0 radical (unpaired) electrons. The molecule has 0 unspecified atom stereocenters. The van der Waals surface area contributed by atoms with Gasteiger partial charge in [0, 0.05) is 11.6 Å². The topological polar surface area (TPSA) is 38.3 Å². The summed E-state index contributed by atoms with van der Waals surface area (Å²) >= 11 is 0. The lowest BCUT2D eigenvalue weighted by atomic mass is 10.2. The van der Waals surface area contributed by atoms with Gasteiger partial charge in [0.2, 0.25) is 5.91 Å². The molecule has 0 heterocycles. The van der Waals surface area contributed by atoms with Gasteiger partial charge in [-0.3, -0.25) is 4.79 Å². The van der Waals surface area contributed by atoms with E-state index in [4.69, 9.17) is 4.74 Å². The Morgan fingerprint density at radius 1 is 1.24 bits per heavy atom. The fraction of sp³-hybridized carbons (Fsp3) is 0.118. The maximum atomic E-state index is 13.4. The summed E-state index contributed by atoms with van der Waals surface area (Å²) in [5, 5.41) is 2.72. The van der Waals surface area contributed by atoms with Gasteiger partial charge >= 0.3 is 0 Å². The third-order valence-electron chi connectivity index (χ3n) is 2.93. The van der Waals surface area contributed by atoms with Crippen LogP contribution in [0, 0.1) is 12.7 Å². The van der Waals surface area contributed by atoms with Crippen LogP contribution in [-0.4, -0.2) is 13.0 Å². The molecule has 2 aromatic carbocycles. The molecule has 0 saturated carbocycles. The number of aryl methyl sites for hydroxylation is 1. The molecule has 2 aromatic rings. The second-order valence-electron chi connectivity index (χ2n) is 4.55. The third kappa shape index (κ3) is 3.92. The quantitative estimate of drug-likeness (QED) is 0.868. The van der Waals surface area contributed by atoms with Crippen molar-refractivity contribution >= 4 is 17.7 Å². The number of hydrogen-bond acceptors (Lipinski definition) is 2. The van der Waals surface area contributed by atoms with Crippen molar-refractivity contribution in [3.8, 4) is 5.75 Å². The van der Waals surface area contributed by atoms with Crippen LogP contribution in [0.5, 0.6) is 5.75 Å². The van der Waals surface area contributed by atoms with Crippen molar-refractivity contribution in [2.75, 3.05) is 12.4 Å². The molecular weight excluding hydrogens is 269 g/mol. The highest BCUT2D eigenvalue weighted by atomic mass is 19.1. The van der Waals surface area contributed by atoms with E-state index >= 15 is 0 Å². The van der Waals surface area contributed by atoms with E-state index < -0.39 is 0 Å². The molecule has 0 bridgehead atoms. The summed E-state index contributed by atoms with van der Waals surface area (Å²) in [6, 6.07) is 11.8. The summed E-state index contributed by atoms with van der Waals surface area (Å²) in [5.74, 6) is -0.134. The molecule has 0 atom stereocenters. The van der Waals surface area contributed by atoms with Crippen molar-refractivity contribution in [3.63, 3.8) is 0 Å². The van der Waals surface area contributed by atoms with Gasteiger partial charge in [-0.25, -0.2) is 4.39 Å². The van der Waals surface area contributed by atoms with Gasteiger partial charge in [0.1, 0.15) is 11.6 Å². The number of carbonyl (C=O) groups excluding carboxylic acids is 1. The third-order valence-corrected chi connectivity index (χ3v) is 2.93. The van der Waals surface area contributed by atoms with E-state index in [0.717, 1.165) is 5.56 Å². The Balaban J connectivity index is 2.12. The molecule has 21 heavy (non-hydrogen) atoms. The highest BCUT2D eigenvalue weighted by Gasteiger charge is 2.05. The van der Waals surface area contributed by atoms with Crippen LogP contribution in [0.25, 0.3) is 6.08 Å². The van der Waals surface area contributed by atoms with Crippen LogP contribution in [0.2, 0.25) is 0 Å². The Bertz CT molecular complexity index is 680. The zero-order valence-electron chi connectivity index (χ0n) is 11.9. The van der Waals surface area contributed by atoms with E-state index in [9.17, 15) is 9.18 Å². The van der Waals surface area contributed by atoms with Gasteiger partial charge in [0.15, 0.2) is 0 Å². The predicted molar refractivity (Wildman–Crippen MR) is 81.8 cm³/mol. The summed E-state index contributed by atoms with van der Waals surface area (Å²) in [5.41, 5.74) is 1.95. The molecule has 0 saturated heterocycles. The Morgan fingerprint density at radius 3 is 2.71 bits per heavy atom. The van der Waals surface area contributed by atoms with Crippen molar-refractivity contribution in [2.45, 2.75) is 6.92 Å². The number of amides is 1. The molecule has 0 aromatic heterocycles. The van der Waals surface area contributed by atoms with Crippen LogP contribution >= 0.6 is 0 Å². The van der Waals surface area contributed by atoms with Crippen LogP contribution in [0.3, 0.4) is 0 Å². The van der Waals surface area contributed by atoms with E-state index in [0.29, 0.717) is 17.0 Å². The van der Waals surface area contributed by atoms with Crippen molar-refractivity contribution in [3.05, 3.63) is 65.5 Å². The largest absolute Gasteiger partial charge is 0.495 e. The number of benzene rings is 2. The minimum atomic E-state index is -0.366. The molecule has 0 fully saturated rings. The van der Waals surface area contributed by atoms with Crippen molar-refractivity contribution in [1.29, 1.82) is 0 Å². The van der Waals surface area contributed by atoms with Gasteiger partial charge < -0.3 is 10.1 Å². The first-order valence-electron chi connectivity index (χ1n) is 6.48. The Labute approximate surface area is 123 Å². The molecule has 0 aliphatic rings. The first kappa shape index (κ1) is 14.8. The van der Waals surface area contributed by atoms with Crippen molar-refractivity contribution < 1.29 is 13.9 Å². The fourth-order valence-corrected chi connectivity index (χ4v) is 1.87. The van der Waals surface area contributed by atoms with E-state index in [-0.39, 0.29) is 11.7 Å². The number of hydrogen-bond donors (Lipinski definition) is 1. The average molecular weight is 285 g/mol. The van der Waals surface area contributed by atoms with E-state index in [1.165, 1.54) is 25.3 Å². The zero-order valence-corrected chi connectivity index (χ0v) is 11.9. The summed E-state index contributed by atoms with van der Waals surface area (Å²) in [7, 11) is 1.54. The SMILES string of the molecule is COc1ccc(C)cc1NC(=O)/C=C/c1ccccc1F.